The second kappa shape index (κ2) is 7.40. The van der Waals surface area contributed by atoms with Crippen molar-refractivity contribution in [2.75, 3.05) is 18.4 Å². The highest BCUT2D eigenvalue weighted by atomic mass is 32.2. The molecule has 0 atom stereocenters. The maximum Gasteiger partial charge on any atom is 0.231 e. The van der Waals surface area contributed by atoms with Gasteiger partial charge in [0.1, 0.15) is 0 Å². The van der Waals surface area contributed by atoms with Gasteiger partial charge in [0.15, 0.2) is 17.3 Å². The lowest BCUT2D eigenvalue weighted by Crippen LogP contribution is -2.13. The molecule has 0 bridgehead atoms. The second-order valence-corrected chi connectivity index (χ2v) is 6.15. The van der Waals surface area contributed by atoms with Gasteiger partial charge in [-0.1, -0.05) is 12.1 Å². The summed E-state index contributed by atoms with van der Waals surface area (Å²) in [6.07, 6.45) is 2.30. The standard InChI is InChI=1S/C18H17NO4S/c1-24-14-5-2-12(3-6-14)15(20)7-9-18(21)19-13-4-8-16-17(10-13)23-11-22-16/h2-6,8,10H,7,9,11H2,1H3,(H,19,21). The van der Waals surface area contributed by atoms with Crippen LogP contribution in [0.5, 0.6) is 11.5 Å². The van der Waals surface area contributed by atoms with Crippen molar-refractivity contribution in [3.8, 4) is 11.5 Å². The van der Waals surface area contributed by atoms with Crippen molar-refractivity contribution in [2.24, 2.45) is 0 Å². The Hall–Kier alpha value is -2.47. The van der Waals surface area contributed by atoms with E-state index in [-0.39, 0.29) is 31.3 Å². The molecule has 6 heteroatoms. The largest absolute Gasteiger partial charge is 0.454 e. The predicted octanol–water partition coefficient (Wildman–Crippen LogP) is 3.74. The third-order valence-corrected chi connectivity index (χ3v) is 4.39. The monoisotopic (exact) mass is 343 g/mol. The molecule has 0 saturated heterocycles. The molecule has 0 saturated carbocycles. The van der Waals surface area contributed by atoms with Crippen LogP contribution in [0, 0.1) is 0 Å². The van der Waals surface area contributed by atoms with E-state index in [1.54, 1.807) is 42.1 Å². The van der Waals surface area contributed by atoms with Crippen LogP contribution in [0.1, 0.15) is 23.2 Å². The van der Waals surface area contributed by atoms with Crippen LogP contribution in [0.2, 0.25) is 0 Å². The molecule has 1 amide bonds. The first-order valence-electron chi connectivity index (χ1n) is 7.52. The van der Waals surface area contributed by atoms with Gasteiger partial charge in [-0.25, -0.2) is 0 Å². The smallest absolute Gasteiger partial charge is 0.231 e. The van der Waals surface area contributed by atoms with Gasteiger partial charge in [0, 0.05) is 35.1 Å². The quantitative estimate of drug-likeness (QED) is 0.639. The van der Waals surface area contributed by atoms with Gasteiger partial charge >= 0.3 is 0 Å². The molecule has 0 aliphatic carbocycles. The SMILES string of the molecule is CSc1ccc(C(=O)CCC(=O)Nc2ccc3c(c2)OCO3)cc1. The molecular formula is C18H17NO4S. The Kier molecular flexibility index (Phi) is 5.05. The van der Waals surface area contributed by atoms with E-state index in [4.69, 9.17) is 9.47 Å². The summed E-state index contributed by atoms with van der Waals surface area (Å²) < 4.78 is 10.5. The van der Waals surface area contributed by atoms with Crippen molar-refractivity contribution in [1.29, 1.82) is 0 Å². The fourth-order valence-electron chi connectivity index (χ4n) is 2.35. The number of ether oxygens (including phenoxy) is 2. The summed E-state index contributed by atoms with van der Waals surface area (Å²) in [4.78, 5) is 25.2. The zero-order valence-corrected chi connectivity index (χ0v) is 14.0. The Balaban J connectivity index is 1.52. The first kappa shape index (κ1) is 16.4. The van der Waals surface area contributed by atoms with Crippen molar-refractivity contribution >= 4 is 29.1 Å². The summed E-state index contributed by atoms with van der Waals surface area (Å²) in [7, 11) is 0. The molecule has 0 aromatic heterocycles. The van der Waals surface area contributed by atoms with Crippen LogP contribution in [0.4, 0.5) is 5.69 Å². The van der Waals surface area contributed by atoms with E-state index in [1.165, 1.54) is 0 Å². The summed E-state index contributed by atoms with van der Waals surface area (Å²) in [6, 6.07) is 12.6. The Labute approximate surface area is 144 Å². The molecule has 0 unspecified atom stereocenters. The molecule has 5 nitrogen and oxygen atoms in total. The lowest BCUT2D eigenvalue weighted by atomic mass is 10.1. The van der Waals surface area contributed by atoms with Crippen LogP contribution in [-0.2, 0) is 4.79 Å². The molecule has 2 aromatic rings. The van der Waals surface area contributed by atoms with E-state index >= 15 is 0 Å². The van der Waals surface area contributed by atoms with Crippen molar-refractivity contribution < 1.29 is 19.1 Å². The molecule has 1 aliphatic heterocycles. The molecule has 1 heterocycles. The van der Waals surface area contributed by atoms with Crippen LogP contribution in [-0.4, -0.2) is 24.7 Å². The van der Waals surface area contributed by atoms with Gasteiger partial charge in [-0.3, -0.25) is 9.59 Å². The van der Waals surface area contributed by atoms with Crippen LogP contribution >= 0.6 is 11.8 Å². The Morgan fingerprint density at radius 1 is 1.04 bits per heavy atom. The van der Waals surface area contributed by atoms with Crippen LogP contribution in [0.15, 0.2) is 47.4 Å². The van der Waals surface area contributed by atoms with E-state index in [1.807, 2.05) is 18.4 Å². The van der Waals surface area contributed by atoms with Gasteiger partial charge in [0.25, 0.3) is 0 Å². The maximum absolute atomic E-state index is 12.1. The first-order chi connectivity index (χ1) is 11.7. The summed E-state index contributed by atoms with van der Waals surface area (Å²) in [5, 5.41) is 2.77. The van der Waals surface area contributed by atoms with E-state index in [0.29, 0.717) is 22.7 Å². The van der Waals surface area contributed by atoms with E-state index in [9.17, 15) is 9.59 Å². The number of carbonyl (C=O) groups is 2. The summed E-state index contributed by atoms with van der Waals surface area (Å²) in [5.74, 6) is 1.03. The normalized spacial score (nSPS) is 12.0. The lowest BCUT2D eigenvalue weighted by molar-refractivity contribution is -0.116. The Morgan fingerprint density at radius 2 is 1.79 bits per heavy atom. The summed E-state index contributed by atoms with van der Waals surface area (Å²) >= 11 is 1.62. The third kappa shape index (κ3) is 3.89. The molecule has 0 radical (unpaired) electrons. The first-order valence-corrected chi connectivity index (χ1v) is 8.75. The van der Waals surface area contributed by atoms with Gasteiger partial charge in [-0.05, 0) is 30.5 Å². The molecule has 3 rings (SSSR count). The van der Waals surface area contributed by atoms with E-state index in [2.05, 4.69) is 5.32 Å². The molecule has 1 aliphatic rings. The minimum atomic E-state index is -0.206. The number of benzene rings is 2. The number of ketones is 1. The molecule has 0 spiro atoms. The van der Waals surface area contributed by atoms with Crippen molar-refractivity contribution in [2.45, 2.75) is 17.7 Å². The number of anilines is 1. The number of rotatable bonds is 6. The minimum absolute atomic E-state index is 0.0384. The van der Waals surface area contributed by atoms with Gasteiger partial charge in [0.2, 0.25) is 12.7 Å². The molecule has 2 aromatic carbocycles. The Morgan fingerprint density at radius 3 is 2.54 bits per heavy atom. The average molecular weight is 343 g/mol. The van der Waals surface area contributed by atoms with Crippen LogP contribution in [0.3, 0.4) is 0 Å². The van der Waals surface area contributed by atoms with E-state index in [0.717, 1.165) is 4.90 Å². The highest BCUT2D eigenvalue weighted by Crippen LogP contribution is 2.34. The Bertz CT molecular complexity index is 758. The van der Waals surface area contributed by atoms with Crippen molar-refractivity contribution in [3.05, 3.63) is 48.0 Å². The van der Waals surface area contributed by atoms with Gasteiger partial charge in [-0.15, -0.1) is 11.8 Å². The topological polar surface area (TPSA) is 64.6 Å². The zero-order chi connectivity index (χ0) is 16.9. The average Bonchev–Trinajstić information content (AvgIpc) is 3.07. The fraction of sp³-hybridized carbons (Fsp3) is 0.222. The van der Waals surface area contributed by atoms with Crippen LogP contribution in [0.25, 0.3) is 0 Å². The fourth-order valence-corrected chi connectivity index (χ4v) is 2.75. The summed E-state index contributed by atoms with van der Waals surface area (Å²) in [6.45, 7) is 0.191. The molecule has 1 N–H and O–H groups in total. The molecule has 0 fully saturated rings. The van der Waals surface area contributed by atoms with Gasteiger partial charge in [-0.2, -0.15) is 0 Å². The van der Waals surface area contributed by atoms with E-state index < -0.39 is 0 Å². The number of fused-ring (bicyclic) bond motifs is 1. The number of amides is 1. The number of carbonyl (C=O) groups excluding carboxylic acids is 2. The summed E-state index contributed by atoms with van der Waals surface area (Å²) in [5.41, 5.74) is 1.25. The zero-order valence-electron chi connectivity index (χ0n) is 13.2. The van der Waals surface area contributed by atoms with Crippen LogP contribution < -0.4 is 14.8 Å². The van der Waals surface area contributed by atoms with Gasteiger partial charge in [0.05, 0.1) is 0 Å². The number of Topliss-reactive ketones (excluding diaryl/α,β-unsaturated/α-hetero) is 1. The highest BCUT2D eigenvalue weighted by molar-refractivity contribution is 7.98. The number of hydrogen-bond donors (Lipinski definition) is 1. The number of nitrogens with one attached hydrogen (secondary N) is 1. The predicted molar refractivity (Wildman–Crippen MR) is 93.0 cm³/mol. The van der Waals surface area contributed by atoms with Gasteiger partial charge < -0.3 is 14.8 Å². The minimum Gasteiger partial charge on any atom is -0.454 e. The number of thioether (sulfide) groups is 1. The van der Waals surface area contributed by atoms with Crippen molar-refractivity contribution in [3.63, 3.8) is 0 Å². The molecular weight excluding hydrogens is 326 g/mol. The molecule has 24 heavy (non-hydrogen) atoms. The maximum atomic E-state index is 12.1. The molecule has 124 valence electrons. The second-order valence-electron chi connectivity index (χ2n) is 5.27. The highest BCUT2D eigenvalue weighted by Gasteiger charge is 2.15. The third-order valence-electron chi connectivity index (χ3n) is 3.65. The van der Waals surface area contributed by atoms with Crippen molar-refractivity contribution in [1.82, 2.24) is 0 Å². The lowest BCUT2D eigenvalue weighted by Gasteiger charge is -2.06. The number of hydrogen-bond acceptors (Lipinski definition) is 5.